The Labute approximate surface area is 134 Å². The molecule has 0 spiro atoms. The minimum atomic E-state index is -1.21. The second-order valence-electron chi connectivity index (χ2n) is 4.03. The van der Waals surface area contributed by atoms with Crippen molar-refractivity contribution in [2.24, 2.45) is 0 Å². The summed E-state index contributed by atoms with van der Waals surface area (Å²) in [4.78, 5) is 69.7. The van der Waals surface area contributed by atoms with Gasteiger partial charge in [-0.3, -0.25) is 29.8 Å². The second kappa shape index (κ2) is 11.4. The summed E-state index contributed by atoms with van der Waals surface area (Å²) in [7, 11) is 1.14. The van der Waals surface area contributed by atoms with Gasteiger partial charge in [-0.2, -0.15) is 15.9 Å². The lowest BCUT2D eigenvalue weighted by molar-refractivity contribution is -0.142. The number of carboxylic acids is 1. The molecule has 5 N–H and O–H groups in total. The number of hydrogen-bond donors (Lipinski definition) is 5. The highest BCUT2D eigenvalue weighted by Crippen LogP contribution is 1.91. The van der Waals surface area contributed by atoms with Crippen molar-refractivity contribution < 1.29 is 43.5 Å². The number of aliphatic carboxylic acids is 1. The molecule has 0 fully saturated rings. The van der Waals surface area contributed by atoms with Gasteiger partial charge < -0.3 is 9.84 Å². The van der Waals surface area contributed by atoms with Crippen LogP contribution in [0.15, 0.2) is 0 Å². The monoisotopic (exact) mass is 348 g/mol. The summed E-state index contributed by atoms with van der Waals surface area (Å²) in [5.41, 5.74) is 3.19. The number of nitrogens with one attached hydrogen (secondary N) is 4. The number of carbonyl (C=O) groups is 6. The van der Waals surface area contributed by atoms with Crippen molar-refractivity contribution in [3.8, 4) is 0 Å². The third-order valence-corrected chi connectivity index (χ3v) is 2.14. The highest BCUT2D eigenvalue weighted by molar-refractivity contribution is 5.96. The molecule has 13 heteroatoms. The van der Waals surface area contributed by atoms with E-state index < -0.39 is 48.7 Å². The van der Waals surface area contributed by atoms with Crippen LogP contribution in [-0.4, -0.2) is 48.0 Å². The van der Waals surface area contributed by atoms with Gasteiger partial charge in [-0.15, -0.1) is 0 Å². The van der Waals surface area contributed by atoms with E-state index in [1.807, 2.05) is 0 Å². The molecule has 0 saturated carbocycles. The molecule has 0 aliphatic carbocycles. The highest BCUT2D eigenvalue weighted by atomic mass is 16.8. The quantitative estimate of drug-likeness (QED) is 0.251. The zero-order chi connectivity index (χ0) is 18.5. The van der Waals surface area contributed by atoms with Crippen molar-refractivity contribution in [2.75, 3.05) is 7.11 Å². The van der Waals surface area contributed by atoms with Gasteiger partial charge in [0.05, 0.1) is 20.0 Å². The van der Waals surface area contributed by atoms with Gasteiger partial charge in [0.2, 0.25) is 11.8 Å². The average Bonchev–Trinajstić information content (AvgIpc) is 2.50. The first kappa shape index (κ1) is 20.8. The molecule has 24 heavy (non-hydrogen) atoms. The van der Waals surface area contributed by atoms with Gasteiger partial charge in [0.15, 0.2) is 0 Å². The number of amides is 6. The molecule has 134 valence electrons. The molecule has 6 amide bonds. The van der Waals surface area contributed by atoms with Gasteiger partial charge in [0, 0.05) is 12.8 Å². The van der Waals surface area contributed by atoms with Crippen molar-refractivity contribution in [3.05, 3.63) is 0 Å². The van der Waals surface area contributed by atoms with E-state index in [1.165, 1.54) is 0 Å². The number of urea groups is 2. The highest BCUT2D eigenvalue weighted by Gasteiger charge is 2.12. The lowest BCUT2D eigenvalue weighted by atomic mass is 10.3. The maximum atomic E-state index is 11.2. The van der Waals surface area contributed by atoms with Crippen LogP contribution in [0.2, 0.25) is 0 Å². The molecule has 0 radical (unpaired) electrons. The third kappa shape index (κ3) is 11.4. The molecule has 0 aromatic rings. The van der Waals surface area contributed by atoms with Gasteiger partial charge in [0.1, 0.15) is 0 Å². The number of rotatable bonds is 8. The molecule has 0 aliphatic heterocycles. The van der Waals surface area contributed by atoms with Crippen LogP contribution in [0, 0.1) is 0 Å². The fraction of sp³-hybridized carbons (Fsp3) is 0.455. The number of carboxylic acid groups (broad SMARTS) is 1. The normalized spacial score (nSPS) is 9.38. The van der Waals surface area contributed by atoms with E-state index in [2.05, 4.69) is 9.68 Å². The van der Waals surface area contributed by atoms with Gasteiger partial charge in [-0.25, -0.2) is 9.59 Å². The summed E-state index contributed by atoms with van der Waals surface area (Å²) < 4.78 is 4.30. The van der Waals surface area contributed by atoms with Crippen LogP contribution >= 0.6 is 0 Å². The van der Waals surface area contributed by atoms with E-state index in [-0.39, 0.29) is 12.8 Å². The summed E-state index contributed by atoms with van der Waals surface area (Å²) in [5.74, 6) is -3.51. The van der Waals surface area contributed by atoms with E-state index in [0.29, 0.717) is 0 Å². The zero-order valence-electron chi connectivity index (χ0n) is 12.5. The molecule has 0 heterocycles. The first-order chi connectivity index (χ1) is 11.2. The molecular formula is C11H16N4O9. The molecule has 0 bridgehead atoms. The summed E-state index contributed by atoms with van der Waals surface area (Å²) in [6, 6.07) is -2.30. The van der Waals surface area contributed by atoms with Gasteiger partial charge in [-0.05, 0) is 0 Å². The van der Waals surface area contributed by atoms with Gasteiger partial charge in [-0.1, -0.05) is 0 Å². The van der Waals surface area contributed by atoms with E-state index in [0.717, 1.165) is 7.11 Å². The summed E-state index contributed by atoms with van der Waals surface area (Å²) in [6.07, 6.45) is -1.42. The van der Waals surface area contributed by atoms with E-state index in [1.54, 1.807) is 21.6 Å². The van der Waals surface area contributed by atoms with Gasteiger partial charge >= 0.3 is 24.0 Å². The standard InChI is InChI=1S/C11H16N4O9/c1-23-9(20)5-3-7(17)13-11(22)15-24-14-10(21)12-6(16)2-4-8(18)19/h2-5H2,1H3,(H,18,19)(H2,12,14,16,21)(H2,13,15,17,22). The molecule has 0 atom stereocenters. The molecule has 0 unspecified atom stereocenters. The Morgan fingerprint density at radius 2 is 1.25 bits per heavy atom. The first-order valence-corrected chi connectivity index (χ1v) is 6.38. The SMILES string of the molecule is COC(=O)CCC(=O)NC(=O)NONC(=O)NC(=O)CCC(=O)O. The Morgan fingerprint density at radius 3 is 1.67 bits per heavy atom. The molecule has 0 rings (SSSR count). The van der Waals surface area contributed by atoms with E-state index in [4.69, 9.17) is 5.11 Å². The average molecular weight is 348 g/mol. The van der Waals surface area contributed by atoms with Crippen LogP contribution < -0.4 is 21.6 Å². The minimum absolute atomic E-state index is 0.227. The number of hydroxylamine groups is 2. The Kier molecular flexibility index (Phi) is 9.84. The van der Waals surface area contributed by atoms with E-state index >= 15 is 0 Å². The second-order valence-corrected chi connectivity index (χ2v) is 4.03. The number of hydrogen-bond acceptors (Lipinski definition) is 8. The maximum absolute atomic E-state index is 11.2. The summed E-state index contributed by atoms with van der Waals surface area (Å²) in [6.45, 7) is 0. The van der Waals surface area contributed by atoms with Crippen LogP contribution in [0.4, 0.5) is 9.59 Å². The summed E-state index contributed by atoms with van der Waals surface area (Å²) >= 11 is 0. The number of carbonyl (C=O) groups excluding carboxylic acids is 5. The van der Waals surface area contributed by atoms with Gasteiger partial charge in [0.25, 0.3) is 0 Å². The van der Waals surface area contributed by atoms with Crippen LogP contribution in [0.3, 0.4) is 0 Å². The summed E-state index contributed by atoms with van der Waals surface area (Å²) in [5, 5.41) is 11.8. The molecule has 0 aliphatic rings. The molecular weight excluding hydrogens is 332 g/mol. The van der Waals surface area contributed by atoms with Crippen LogP contribution in [-0.2, 0) is 28.9 Å². The van der Waals surface area contributed by atoms with Crippen LogP contribution in [0.5, 0.6) is 0 Å². The van der Waals surface area contributed by atoms with Crippen molar-refractivity contribution in [1.29, 1.82) is 0 Å². The van der Waals surface area contributed by atoms with Crippen LogP contribution in [0.1, 0.15) is 25.7 Å². The number of esters is 1. The zero-order valence-corrected chi connectivity index (χ0v) is 12.5. The predicted molar refractivity (Wildman–Crippen MR) is 72.6 cm³/mol. The van der Waals surface area contributed by atoms with Crippen LogP contribution in [0.25, 0.3) is 0 Å². The molecule has 0 aromatic carbocycles. The number of ether oxygens (including phenoxy) is 1. The lowest BCUT2D eigenvalue weighted by Gasteiger charge is -2.07. The predicted octanol–water partition coefficient (Wildman–Crippen LogP) is -1.70. The van der Waals surface area contributed by atoms with E-state index in [9.17, 15) is 28.8 Å². The largest absolute Gasteiger partial charge is 0.481 e. The lowest BCUT2D eigenvalue weighted by Crippen LogP contribution is -2.46. The molecule has 0 saturated heterocycles. The Hall–Kier alpha value is -3.22. The fourth-order valence-corrected chi connectivity index (χ4v) is 1.09. The first-order valence-electron chi connectivity index (χ1n) is 6.38. The topological polar surface area (TPSA) is 189 Å². The number of imide groups is 2. The number of methoxy groups -OCH3 is 1. The molecule has 13 nitrogen and oxygen atoms in total. The minimum Gasteiger partial charge on any atom is -0.481 e. The smallest absolute Gasteiger partial charge is 0.347 e. The van der Waals surface area contributed by atoms with Crippen molar-refractivity contribution in [1.82, 2.24) is 21.6 Å². The molecule has 0 aromatic heterocycles. The van der Waals surface area contributed by atoms with Crippen molar-refractivity contribution in [2.45, 2.75) is 25.7 Å². The van der Waals surface area contributed by atoms with Crippen molar-refractivity contribution >= 4 is 35.8 Å². The maximum Gasteiger partial charge on any atom is 0.347 e. The Morgan fingerprint density at radius 1 is 0.792 bits per heavy atom. The fourth-order valence-electron chi connectivity index (χ4n) is 1.09. The third-order valence-electron chi connectivity index (χ3n) is 2.14. The van der Waals surface area contributed by atoms with Crippen molar-refractivity contribution in [3.63, 3.8) is 0 Å². The Balaban J connectivity index is 3.85. The Bertz CT molecular complexity index is 520.